The van der Waals surface area contributed by atoms with Crippen LogP contribution in [-0.2, 0) is 4.74 Å². The fraction of sp³-hybridized carbons (Fsp3) is 0.941. The topological polar surface area (TPSA) is 41.6 Å². The van der Waals surface area contributed by atoms with E-state index in [0.29, 0.717) is 17.9 Å². The van der Waals surface area contributed by atoms with Gasteiger partial charge in [-0.15, -0.1) is 0 Å². The maximum Gasteiger partial charge on any atom is 0.410 e. The normalized spacial score (nSPS) is 34.5. The van der Waals surface area contributed by atoms with E-state index in [-0.39, 0.29) is 11.7 Å². The van der Waals surface area contributed by atoms with E-state index >= 15 is 0 Å². The van der Waals surface area contributed by atoms with E-state index in [2.05, 4.69) is 12.2 Å². The highest BCUT2D eigenvalue weighted by atomic mass is 16.6. The van der Waals surface area contributed by atoms with Crippen molar-refractivity contribution in [1.29, 1.82) is 0 Å². The highest BCUT2D eigenvalue weighted by Gasteiger charge is 2.56. The number of piperidine rings is 1. The molecule has 2 unspecified atom stereocenters. The zero-order valence-electron chi connectivity index (χ0n) is 13.9. The highest BCUT2D eigenvalue weighted by Crippen LogP contribution is 2.52. The van der Waals surface area contributed by atoms with Crippen LogP contribution in [0, 0.1) is 23.7 Å². The number of carbonyl (C=O) groups excluding carboxylic acids is 1. The molecular formula is C17H30N2O2. The van der Waals surface area contributed by atoms with Crippen LogP contribution in [0.5, 0.6) is 0 Å². The Morgan fingerprint density at radius 2 is 1.95 bits per heavy atom. The van der Waals surface area contributed by atoms with Gasteiger partial charge in [0.2, 0.25) is 0 Å². The SMILES string of the molecule is CC(C1CCNCC1)C1[C@H]2C[C@@H]1N(C(=O)OC(C)(C)C)C2. The molecule has 4 heteroatoms. The minimum absolute atomic E-state index is 0.102. The van der Waals surface area contributed by atoms with Gasteiger partial charge >= 0.3 is 6.09 Å². The lowest BCUT2D eigenvalue weighted by molar-refractivity contribution is 0.0112. The monoisotopic (exact) mass is 294 g/mol. The van der Waals surface area contributed by atoms with Crippen molar-refractivity contribution in [2.75, 3.05) is 19.6 Å². The molecule has 3 heterocycles. The van der Waals surface area contributed by atoms with Crippen LogP contribution in [0.15, 0.2) is 0 Å². The smallest absolute Gasteiger partial charge is 0.410 e. The first kappa shape index (κ1) is 15.1. The van der Waals surface area contributed by atoms with E-state index in [4.69, 9.17) is 4.74 Å². The molecular weight excluding hydrogens is 264 g/mol. The molecule has 4 atom stereocenters. The number of rotatable bonds is 2. The largest absolute Gasteiger partial charge is 0.444 e. The average Bonchev–Trinajstić information content (AvgIpc) is 2.96. The Hall–Kier alpha value is -0.770. The predicted octanol–water partition coefficient (Wildman–Crippen LogP) is 2.88. The minimum atomic E-state index is -0.389. The lowest BCUT2D eigenvalue weighted by atomic mass is 9.63. The molecule has 0 aromatic heterocycles. The fourth-order valence-corrected chi connectivity index (χ4v) is 4.66. The van der Waals surface area contributed by atoms with Crippen molar-refractivity contribution >= 4 is 6.09 Å². The van der Waals surface area contributed by atoms with Gasteiger partial charge in [0.05, 0.1) is 0 Å². The summed E-state index contributed by atoms with van der Waals surface area (Å²) in [5, 5.41) is 3.45. The van der Waals surface area contributed by atoms with E-state index in [1.54, 1.807) is 0 Å². The summed E-state index contributed by atoms with van der Waals surface area (Å²) in [5.74, 6) is 3.00. The summed E-state index contributed by atoms with van der Waals surface area (Å²) in [6, 6.07) is 0.440. The summed E-state index contributed by atoms with van der Waals surface area (Å²) in [7, 11) is 0. The first-order valence-corrected chi connectivity index (χ1v) is 8.57. The fourth-order valence-electron chi connectivity index (χ4n) is 4.66. The third-order valence-corrected chi connectivity index (χ3v) is 5.73. The lowest BCUT2D eigenvalue weighted by Crippen LogP contribution is -2.47. The highest BCUT2D eigenvalue weighted by molar-refractivity contribution is 5.69. The van der Waals surface area contributed by atoms with Gasteiger partial charge in [0.15, 0.2) is 0 Å². The number of ether oxygens (including phenoxy) is 1. The zero-order chi connectivity index (χ0) is 15.2. The van der Waals surface area contributed by atoms with Gasteiger partial charge in [-0.05, 0) is 76.8 Å². The minimum Gasteiger partial charge on any atom is -0.444 e. The first-order valence-electron chi connectivity index (χ1n) is 8.57. The summed E-state index contributed by atoms with van der Waals surface area (Å²) in [5.41, 5.74) is -0.389. The number of carbonyl (C=O) groups is 1. The Morgan fingerprint density at radius 3 is 2.57 bits per heavy atom. The molecule has 120 valence electrons. The number of nitrogens with one attached hydrogen (secondary N) is 1. The number of amides is 1. The molecule has 0 aromatic rings. The van der Waals surface area contributed by atoms with Crippen molar-refractivity contribution in [3.63, 3.8) is 0 Å². The quantitative estimate of drug-likeness (QED) is 0.851. The molecule has 4 nitrogen and oxygen atoms in total. The van der Waals surface area contributed by atoms with Gasteiger partial charge in [-0.2, -0.15) is 0 Å². The zero-order valence-corrected chi connectivity index (χ0v) is 13.9. The molecule has 1 N–H and O–H groups in total. The van der Waals surface area contributed by atoms with Crippen molar-refractivity contribution < 1.29 is 9.53 Å². The summed E-state index contributed by atoms with van der Waals surface area (Å²) in [6.45, 7) is 11.5. The second kappa shape index (κ2) is 5.45. The van der Waals surface area contributed by atoms with E-state index in [1.165, 1.54) is 19.3 Å². The van der Waals surface area contributed by atoms with E-state index in [1.807, 2.05) is 25.7 Å². The van der Waals surface area contributed by atoms with Gasteiger partial charge in [0.25, 0.3) is 0 Å². The van der Waals surface area contributed by atoms with Crippen LogP contribution in [0.25, 0.3) is 0 Å². The molecule has 0 aromatic carbocycles. The summed E-state index contributed by atoms with van der Waals surface area (Å²) in [4.78, 5) is 14.3. The number of hydrogen-bond donors (Lipinski definition) is 1. The maximum atomic E-state index is 12.3. The molecule has 1 amide bonds. The molecule has 2 bridgehead atoms. The first-order chi connectivity index (χ1) is 9.87. The van der Waals surface area contributed by atoms with Gasteiger partial charge in [-0.25, -0.2) is 4.79 Å². The number of hydrogen-bond acceptors (Lipinski definition) is 3. The van der Waals surface area contributed by atoms with Crippen LogP contribution in [-0.4, -0.2) is 42.3 Å². The molecule has 3 aliphatic heterocycles. The van der Waals surface area contributed by atoms with Crippen molar-refractivity contribution in [2.45, 2.75) is 58.6 Å². The summed E-state index contributed by atoms with van der Waals surface area (Å²) >= 11 is 0. The maximum absolute atomic E-state index is 12.3. The van der Waals surface area contributed by atoms with Crippen LogP contribution in [0.1, 0.15) is 47.0 Å². The average molecular weight is 294 g/mol. The Bertz CT molecular complexity index is 398. The molecule has 0 radical (unpaired) electrons. The van der Waals surface area contributed by atoms with E-state index in [0.717, 1.165) is 31.5 Å². The number of nitrogens with zero attached hydrogens (tertiary/aromatic N) is 1. The Balaban J connectivity index is 1.60. The second-order valence-corrected chi connectivity index (χ2v) is 8.22. The van der Waals surface area contributed by atoms with Crippen LogP contribution in [0.3, 0.4) is 0 Å². The molecule has 4 fully saturated rings. The van der Waals surface area contributed by atoms with Gasteiger partial charge < -0.3 is 15.0 Å². The van der Waals surface area contributed by atoms with Crippen molar-refractivity contribution in [3.05, 3.63) is 0 Å². The van der Waals surface area contributed by atoms with Gasteiger partial charge in [0.1, 0.15) is 5.60 Å². The molecule has 4 rings (SSSR count). The molecule has 1 saturated carbocycles. The summed E-state index contributed by atoms with van der Waals surface area (Å²) < 4.78 is 5.57. The third-order valence-electron chi connectivity index (χ3n) is 5.73. The molecule has 21 heavy (non-hydrogen) atoms. The van der Waals surface area contributed by atoms with Crippen LogP contribution in [0.2, 0.25) is 0 Å². The summed E-state index contributed by atoms with van der Waals surface area (Å²) in [6.07, 6.45) is 3.68. The molecule has 0 spiro atoms. The van der Waals surface area contributed by atoms with Gasteiger partial charge in [-0.1, -0.05) is 6.92 Å². The van der Waals surface area contributed by atoms with Crippen molar-refractivity contribution in [3.8, 4) is 0 Å². The lowest BCUT2D eigenvalue weighted by Gasteiger charge is -2.44. The van der Waals surface area contributed by atoms with E-state index in [9.17, 15) is 4.79 Å². The number of fused-ring (bicyclic) bond motifs is 1. The van der Waals surface area contributed by atoms with Crippen LogP contribution < -0.4 is 5.32 Å². The molecule has 3 saturated heterocycles. The molecule has 4 aliphatic rings. The van der Waals surface area contributed by atoms with Gasteiger partial charge in [-0.3, -0.25) is 0 Å². The third kappa shape index (κ3) is 2.92. The Morgan fingerprint density at radius 1 is 1.29 bits per heavy atom. The van der Waals surface area contributed by atoms with Crippen molar-refractivity contribution in [2.24, 2.45) is 23.7 Å². The van der Waals surface area contributed by atoms with Crippen LogP contribution in [0.4, 0.5) is 4.79 Å². The van der Waals surface area contributed by atoms with Gasteiger partial charge in [0, 0.05) is 12.6 Å². The van der Waals surface area contributed by atoms with Crippen molar-refractivity contribution in [1.82, 2.24) is 10.2 Å². The second-order valence-electron chi connectivity index (χ2n) is 8.22. The van der Waals surface area contributed by atoms with Crippen LogP contribution >= 0.6 is 0 Å². The Labute approximate surface area is 128 Å². The molecule has 1 aliphatic carbocycles. The predicted molar refractivity (Wildman–Crippen MR) is 83.1 cm³/mol. The Kier molecular flexibility index (Phi) is 3.93. The standard InChI is InChI=1S/C17H30N2O2/c1-11(12-5-7-18-8-6-12)15-13-9-14(15)19(10-13)16(20)21-17(2,3)4/h11-15,18H,5-10H2,1-4H3/t11?,13-,14-,15?/m0/s1. The van der Waals surface area contributed by atoms with E-state index < -0.39 is 0 Å².